The molecule has 0 atom stereocenters. The Balaban J connectivity index is 1.40. The highest BCUT2D eigenvalue weighted by Crippen LogP contribution is 2.20. The lowest BCUT2D eigenvalue weighted by Gasteiger charge is -2.35. The maximum absolute atomic E-state index is 12.6. The van der Waals surface area contributed by atoms with Crippen LogP contribution in [-0.4, -0.2) is 46.9 Å². The summed E-state index contributed by atoms with van der Waals surface area (Å²) in [5.74, 6) is 0.0855. The van der Waals surface area contributed by atoms with Crippen LogP contribution in [0.1, 0.15) is 21.6 Å². The third kappa shape index (κ3) is 3.46. The number of benzene rings is 2. The molecular formula is C22H23N3O. The van der Waals surface area contributed by atoms with Crippen molar-refractivity contribution in [2.24, 2.45) is 0 Å². The van der Waals surface area contributed by atoms with Crippen LogP contribution in [0.5, 0.6) is 0 Å². The number of fused-ring (bicyclic) bond motifs is 1. The monoisotopic (exact) mass is 345 g/mol. The summed E-state index contributed by atoms with van der Waals surface area (Å²) in [5, 5.41) is 2.60. The Kier molecular flexibility index (Phi) is 4.67. The van der Waals surface area contributed by atoms with Gasteiger partial charge < -0.3 is 4.90 Å². The SMILES string of the molecule is Cc1ccc(C(=O)N2CCN(Cc3cccc4ccccc34)CC2)cn1. The fourth-order valence-corrected chi connectivity index (χ4v) is 3.56. The van der Waals surface area contributed by atoms with E-state index in [4.69, 9.17) is 0 Å². The van der Waals surface area contributed by atoms with Crippen molar-refractivity contribution in [3.63, 3.8) is 0 Å². The molecule has 1 fully saturated rings. The van der Waals surface area contributed by atoms with Crippen LogP contribution in [0.15, 0.2) is 60.8 Å². The molecule has 0 bridgehead atoms. The van der Waals surface area contributed by atoms with Gasteiger partial charge in [0.15, 0.2) is 0 Å². The van der Waals surface area contributed by atoms with Crippen LogP contribution in [0.4, 0.5) is 0 Å². The van der Waals surface area contributed by atoms with Crippen LogP contribution in [0.25, 0.3) is 10.8 Å². The zero-order chi connectivity index (χ0) is 17.9. The Morgan fingerprint density at radius 3 is 2.50 bits per heavy atom. The van der Waals surface area contributed by atoms with E-state index in [1.165, 1.54) is 16.3 Å². The molecule has 0 aliphatic carbocycles. The third-order valence-corrected chi connectivity index (χ3v) is 5.09. The molecule has 1 amide bonds. The molecule has 1 aliphatic heterocycles. The zero-order valence-corrected chi connectivity index (χ0v) is 15.1. The first-order chi connectivity index (χ1) is 12.7. The van der Waals surface area contributed by atoms with Crippen molar-refractivity contribution in [1.29, 1.82) is 0 Å². The van der Waals surface area contributed by atoms with Crippen molar-refractivity contribution in [1.82, 2.24) is 14.8 Å². The zero-order valence-electron chi connectivity index (χ0n) is 15.1. The van der Waals surface area contributed by atoms with Crippen LogP contribution < -0.4 is 0 Å². The Labute approximate surface area is 154 Å². The number of nitrogens with zero attached hydrogens (tertiary/aromatic N) is 3. The minimum absolute atomic E-state index is 0.0855. The van der Waals surface area contributed by atoms with Gasteiger partial charge in [-0.15, -0.1) is 0 Å². The fourth-order valence-electron chi connectivity index (χ4n) is 3.56. The second-order valence-corrected chi connectivity index (χ2v) is 6.89. The molecule has 4 nitrogen and oxygen atoms in total. The number of piperazine rings is 1. The number of carbonyl (C=O) groups is 1. The number of carbonyl (C=O) groups excluding carboxylic acids is 1. The summed E-state index contributed by atoms with van der Waals surface area (Å²) < 4.78 is 0. The number of amides is 1. The normalized spacial score (nSPS) is 15.3. The molecule has 26 heavy (non-hydrogen) atoms. The predicted octanol–water partition coefficient (Wildman–Crippen LogP) is 3.50. The molecule has 132 valence electrons. The molecule has 0 N–H and O–H groups in total. The molecule has 0 saturated carbocycles. The van der Waals surface area contributed by atoms with Gasteiger partial charge in [-0.05, 0) is 35.4 Å². The van der Waals surface area contributed by atoms with Gasteiger partial charge in [-0.1, -0.05) is 42.5 Å². The van der Waals surface area contributed by atoms with E-state index in [0.29, 0.717) is 5.56 Å². The highest BCUT2D eigenvalue weighted by molar-refractivity contribution is 5.94. The Bertz CT molecular complexity index is 907. The van der Waals surface area contributed by atoms with E-state index >= 15 is 0 Å². The predicted molar refractivity (Wildman–Crippen MR) is 104 cm³/mol. The van der Waals surface area contributed by atoms with E-state index < -0.39 is 0 Å². The lowest BCUT2D eigenvalue weighted by molar-refractivity contribution is 0.0628. The maximum Gasteiger partial charge on any atom is 0.255 e. The van der Waals surface area contributed by atoms with Crippen molar-refractivity contribution in [3.8, 4) is 0 Å². The number of hydrogen-bond acceptors (Lipinski definition) is 3. The lowest BCUT2D eigenvalue weighted by atomic mass is 10.0. The molecule has 1 saturated heterocycles. The largest absolute Gasteiger partial charge is 0.336 e. The van der Waals surface area contributed by atoms with E-state index in [-0.39, 0.29) is 5.91 Å². The molecule has 0 unspecified atom stereocenters. The van der Waals surface area contributed by atoms with Crippen molar-refractivity contribution < 1.29 is 4.79 Å². The summed E-state index contributed by atoms with van der Waals surface area (Å²) in [6.07, 6.45) is 1.68. The Morgan fingerprint density at radius 2 is 1.73 bits per heavy atom. The molecule has 1 aliphatic rings. The van der Waals surface area contributed by atoms with E-state index in [1.54, 1.807) is 6.20 Å². The van der Waals surface area contributed by atoms with Crippen molar-refractivity contribution in [2.45, 2.75) is 13.5 Å². The Hall–Kier alpha value is -2.72. The molecule has 4 rings (SSSR count). The van der Waals surface area contributed by atoms with E-state index in [2.05, 4.69) is 52.3 Å². The summed E-state index contributed by atoms with van der Waals surface area (Å²) in [5.41, 5.74) is 2.96. The smallest absolute Gasteiger partial charge is 0.255 e. The second kappa shape index (κ2) is 7.26. The second-order valence-electron chi connectivity index (χ2n) is 6.89. The van der Waals surface area contributed by atoms with Gasteiger partial charge >= 0.3 is 0 Å². The van der Waals surface area contributed by atoms with Crippen LogP contribution in [-0.2, 0) is 6.54 Å². The molecule has 3 aromatic rings. The molecule has 0 spiro atoms. The van der Waals surface area contributed by atoms with Gasteiger partial charge in [0, 0.05) is 44.6 Å². The molecule has 1 aromatic heterocycles. The van der Waals surface area contributed by atoms with Gasteiger partial charge in [0.05, 0.1) is 5.56 Å². The highest BCUT2D eigenvalue weighted by atomic mass is 16.2. The van der Waals surface area contributed by atoms with Gasteiger partial charge in [0.25, 0.3) is 5.91 Å². The van der Waals surface area contributed by atoms with E-state index in [9.17, 15) is 4.79 Å². The van der Waals surface area contributed by atoms with Gasteiger partial charge in [0.2, 0.25) is 0 Å². The first kappa shape index (κ1) is 16.7. The first-order valence-electron chi connectivity index (χ1n) is 9.11. The number of rotatable bonds is 3. The van der Waals surface area contributed by atoms with Crippen LogP contribution in [0, 0.1) is 6.92 Å². The van der Waals surface area contributed by atoms with Crippen LogP contribution in [0.3, 0.4) is 0 Å². The average molecular weight is 345 g/mol. The summed E-state index contributed by atoms with van der Waals surface area (Å²) in [6.45, 7) is 6.17. The Morgan fingerprint density at radius 1 is 0.962 bits per heavy atom. The standard InChI is InChI=1S/C22H23N3O/c1-17-9-10-19(15-23-17)22(26)25-13-11-24(12-14-25)16-20-7-4-6-18-5-2-3-8-21(18)20/h2-10,15H,11-14,16H2,1H3. The van der Waals surface area contributed by atoms with Crippen molar-refractivity contribution in [2.75, 3.05) is 26.2 Å². The van der Waals surface area contributed by atoms with Crippen LogP contribution in [0.2, 0.25) is 0 Å². The van der Waals surface area contributed by atoms with E-state index in [0.717, 1.165) is 38.4 Å². The minimum atomic E-state index is 0.0855. The van der Waals surface area contributed by atoms with E-state index in [1.807, 2.05) is 24.0 Å². The first-order valence-corrected chi connectivity index (χ1v) is 9.11. The summed E-state index contributed by atoms with van der Waals surface area (Å²) >= 11 is 0. The number of aromatic nitrogens is 1. The average Bonchev–Trinajstić information content (AvgIpc) is 2.69. The third-order valence-electron chi connectivity index (χ3n) is 5.09. The summed E-state index contributed by atoms with van der Waals surface area (Å²) in [6, 6.07) is 18.8. The lowest BCUT2D eigenvalue weighted by Crippen LogP contribution is -2.48. The van der Waals surface area contributed by atoms with Crippen LogP contribution >= 0.6 is 0 Å². The molecule has 0 radical (unpaired) electrons. The quantitative estimate of drug-likeness (QED) is 0.729. The summed E-state index contributed by atoms with van der Waals surface area (Å²) in [7, 11) is 0. The molecule has 2 heterocycles. The minimum Gasteiger partial charge on any atom is -0.336 e. The highest BCUT2D eigenvalue weighted by Gasteiger charge is 2.22. The topological polar surface area (TPSA) is 36.4 Å². The van der Waals surface area contributed by atoms with Gasteiger partial charge in [-0.3, -0.25) is 14.7 Å². The number of aryl methyl sites for hydroxylation is 1. The van der Waals surface area contributed by atoms with Gasteiger partial charge in [-0.2, -0.15) is 0 Å². The van der Waals surface area contributed by atoms with Crippen molar-refractivity contribution in [3.05, 3.63) is 77.6 Å². The molecule has 4 heteroatoms. The number of pyridine rings is 1. The molecular weight excluding hydrogens is 322 g/mol. The summed E-state index contributed by atoms with van der Waals surface area (Å²) in [4.78, 5) is 21.2. The molecule has 2 aromatic carbocycles. The van der Waals surface area contributed by atoms with Gasteiger partial charge in [-0.25, -0.2) is 0 Å². The fraction of sp³-hybridized carbons (Fsp3) is 0.273. The number of hydrogen-bond donors (Lipinski definition) is 0. The van der Waals surface area contributed by atoms with Gasteiger partial charge in [0.1, 0.15) is 0 Å². The van der Waals surface area contributed by atoms with Crippen molar-refractivity contribution >= 4 is 16.7 Å². The maximum atomic E-state index is 12.6.